The molecule has 2 heterocycles. The van der Waals surface area contributed by atoms with Crippen molar-refractivity contribution in [3.63, 3.8) is 0 Å². The third kappa shape index (κ3) is 3.10. The number of hydrogen-bond donors (Lipinski definition) is 1. The summed E-state index contributed by atoms with van der Waals surface area (Å²) in [5, 5.41) is 5.15. The predicted molar refractivity (Wildman–Crippen MR) is 70.0 cm³/mol. The smallest absolute Gasteiger partial charge is 0.208 e. The molecule has 0 spiro atoms. The summed E-state index contributed by atoms with van der Waals surface area (Å²) in [5.41, 5.74) is 0. The molecular weight excluding hydrogens is 252 g/mol. The van der Waals surface area contributed by atoms with Crippen molar-refractivity contribution in [2.24, 2.45) is 0 Å². The molecule has 0 atom stereocenters. The molecular formula is C12H16N2O3S. The number of oxazole rings is 1. The van der Waals surface area contributed by atoms with E-state index in [0.29, 0.717) is 19.0 Å². The van der Waals surface area contributed by atoms with Gasteiger partial charge in [0.1, 0.15) is 10.6 Å². The van der Waals surface area contributed by atoms with Crippen LogP contribution in [0, 0.1) is 0 Å². The Bertz CT molecular complexity index is 481. The van der Waals surface area contributed by atoms with E-state index >= 15 is 0 Å². The van der Waals surface area contributed by atoms with Gasteiger partial charge in [-0.15, -0.1) is 11.3 Å². The fourth-order valence-corrected chi connectivity index (χ4v) is 2.31. The highest BCUT2D eigenvalue weighted by Gasteiger charge is 2.12. The van der Waals surface area contributed by atoms with Crippen LogP contribution in [0.5, 0.6) is 5.75 Å². The number of methoxy groups -OCH3 is 2. The number of nitrogens with one attached hydrogen (secondary N) is 1. The maximum absolute atomic E-state index is 5.67. The average molecular weight is 268 g/mol. The van der Waals surface area contributed by atoms with E-state index in [1.165, 1.54) is 0 Å². The monoisotopic (exact) mass is 268 g/mol. The van der Waals surface area contributed by atoms with Gasteiger partial charge in [0.25, 0.3) is 0 Å². The van der Waals surface area contributed by atoms with Crippen LogP contribution in [0.15, 0.2) is 22.1 Å². The molecule has 0 amide bonds. The van der Waals surface area contributed by atoms with E-state index in [1.807, 2.05) is 11.4 Å². The first kappa shape index (κ1) is 13.1. The normalized spacial score (nSPS) is 10.8. The number of aromatic nitrogens is 1. The predicted octanol–water partition coefficient (Wildman–Crippen LogP) is 2.15. The van der Waals surface area contributed by atoms with E-state index < -0.39 is 0 Å². The van der Waals surface area contributed by atoms with Crippen LogP contribution in [0.1, 0.15) is 5.89 Å². The molecule has 0 bridgehead atoms. The lowest BCUT2D eigenvalue weighted by molar-refractivity contribution is 0.198. The van der Waals surface area contributed by atoms with Gasteiger partial charge in [0.05, 0.1) is 26.5 Å². The van der Waals surface area contributed by atoms with Gasteiger partial charge in [0, 0.05) is 13.7 Å². The second-order valence-electron chi connectivity index (χ2n) is 3.61. The topological polar surface area (TPSA) is 56.5 Å². The lowest BCUT2D eigenvalue weighted by Gasteiger charge is -2.00. The Morgan fingerprint density at radius 3 is 3.11 bits per heavy atom. The fourth-order valence-electron chi connectivity index (χ4n) is 1.50. The summed E-state index contributed by atoms with van der Waals surface area (Å²) >= 11 is 1.57. The summed E-state index contributed by atoms with van der Waals surface area (Å²) in [6, 6.07) is 1.92. The molecule has 6 heteroatoms. The number of rotatable bonds is 7. The zero-order valence-electron chi connectivity index (χ0n) is 10.4. The van der Waals surface area contributed by atoms with Crippen molar-refractivity contribution in [1.29, 1.82) is 0 Å². The molecule has 98 valence electrons. The van der Waals surface area contributed by atoms with E-state index in [0.717, 1.165) is 22.9 Å². The van der Waals surface area contributed by atoms with E-state index in [4.69, 9.17) is 13.9 Å². The maximum Gasteiger partial charge on any atom is 0.208 e. The number of thiophene rings is 1. The average Bonchev–Trinajstić information content (AvgIpc) is 3.02. The Morgan fingerprint density at radius 1 is 1.44 bits per heavy atom. The van der Waals surface area contributed by atoms with Gasteiger partial charge >= 0.3 is 0 Å². The zero-order chi connectivity index (χ0) is 12.8. The molecule has 5 nitrogen and oxygen atoms in total. The minimum Gasteiger partial charge on any atom is -0.495 e. The highest BCUT2D eigenvalue weighted by atomic mass is 32.1. The van der Waals surface area contributed by atoms with Gasteiger partial charge in [-0.05, 0) is 11.4 Å². The largest absolute Gasteiger partial charge is 0.495 e. The van der Waals surface area contributed by atoms with Crippen molar-refractivity contribution >= 4 is 11.3 Å². The first-order valence-corrected chi connectivity index (χ1v) is 6.49. The molecule has 0 aliphatic carbocycles. The highest BCUT2D eigenvalue weighted by molar-refractivity contribution is 7.13. The summed E-state index contributed by atoms with van der Waals surface area (Å²) in [6.45, 7) is 2.04. The summed E-state index contributed by atoms with van der Waals surface area (Å²) < 4.78 is 15.9. The SMILES string of the molecule is COCCNCc1ncc(-c2sccc2OC)o1. The van der Waals surface area contributed by atoms with Crippen LogP contribution in [0.2, 0.25) is 0 Å². The second-order valence-corrected chi connectivity index (χ2v) is 4.52. The van der Waals surface area contributed by atoms with E-state index in [1.54, 1.807) is 31.8 Å². The fraction of sp³-hybridized carbons (Fsp3) is 0.417. The maximum atomic E-state index is 5.67. The van der Waals surface area contributed by atoms with Crippen molar-refractivity contribution in [3.8, 4) is 16.4 Å². The summed E-state index contributed by atoms with van der Waals surface area (Å²) in [7, 11) is 3.32. The highest BCUT2D eigenvalue weighted by Crippen LogP contribution is 2.35. The first-order valence-electron chi connectivity index (χ1n) is 5.61. The minimum absolute atomic E-state index is 0.594. The Balaban J connectivity index is 1.97. The van der Waals surface area contributed by atoms with Crippen molar-refractivity contribution in [2.45, 2.75) is 6.54 Å². The summed E-state index contributed by atoms with van der Waals surface area (Å²) in [6.07, 6.45) is 1.72. The van der Waals surface area contributed by atoms with Gasteiger partial charge in [-0.3, -0.25) is 0 Å². The third-order valence-electron chi connectivity index (χ3n) is 2.39. The number of hydrogen-bond acceptors (Lipinski definition) is 6. The summed E-state index contributed by atoms with van der Waals surface area (Å²) in [4.78, 5) is 5.19. The van der Waals surface area contributed by atoms with Gasteiger partial charge in [0.15, 0.2) is 5.76 Å². The molecule has 2 aromatic heterocycles. The van der Waals surface area contributed by atoms with Crippen molar-refractivity contribution in [2.75, 3.05) is 27.4 Å². The Labute approximate surface area is 110 Å². The van der Waals surface area contributed by atoms with Crippen LogP contribution in [-0.4, -0.2) is 32.4 Å². The molecule has 0 saturated carbocycles. The zero-order valence-corrected chi connectivity index (χ0v) is 11.3. The summed E-state index contributed by atoms with van der Waals surface area (Å²) in [5.74, 6) is 2.22. The molecule has 2 rings (SSSR count). The first-order chi connectivity index (χ1) is 8.85. The number of nitrogens with zero attached hydrogens (tertiary/aromatic N) is 1. The molecule has 18 heavy (non-hydrogen) atoms. The van der Waals surface area contributed by atoms with E-state index in [2.05, 4.69) is 10.3 Å². The van der Waals surface area contributed by atoms with Crippen LogP contribution >= 0.6 is 11.3 Å². The molecule has 0 aliphatic rings. The molecule has 2 aromatic rings. The van der Waals surface area contributed by atoms with Crippen LogP contribution in [0.3, 0.4) is 0 Å². The van der Waals surface area contributed by atoms with Gasteiger partial charge in [-0.1, -0.05) is 0 Å². The Morgan fingerprint density at radius 2 is 2.33 bits per heavy atom. The van der Waals surface area contributed by atoms with Crippen LogP contribution < -0.4 is 10.1 Å². The van der Waals surface area contributed by atoms with Gasteiger partial charge in [-0.25, -0.2) is 4.98 Å². The van der Waals surface area contributed by atoms with Crippen molar-refractivity contribution in [3.05, 3.63) is 23.5 Å². The molecule has 0 unspecified atom stereocenters. The van der Waals surface area contributed by atoms with Crippen molar-refractivity contribution < 1.29 is 13.9 Å². The quantitative estimate of drug-likeness (QED) is 0.780. The van der Waals surface area contributed by atoms with Gasteiger partial charge < -0.3 is 19.2 Å². The lowest BCUT2D eigenvalue weighted by Crippen LogP contribution is -2.18. The van der Waals surface area contributed by atoms with E-state index in [-0.39, 0.29) is 0 Å². The lowest BCUT2D eigenvalue weighted by atomic mass is 10.4. The molecule has 0 saturated heterocycles. The van der Waals surface area contributed by atoms with Gasteiger partial charge in [-0.2, -0.15) is 0 Å². The molecule has 1 N–H and O–H groups in total. The van der Waals surface area contributed by atoms with Crippen LogP contribution in [0.4, 0.5) is 0 Å². The van der Waals surface area contributed by atoms with Crippen molar-refractivity contribution in [1.82, 2.24) is 10.3 Å². The molecule has 0 radical (unpaired) electrons. The van der Waals surface area contributed by atoms with Gasteiger partial charge in [0.2, 0.25) is 5.89 Å². The minimum atomic E-state index is 0.594. The molecule has 0 fully saturated rings. The standard InChI is InChI=1S/C12H16N2O3S/c1-15-5-4-13-8-11-14-7-10(17-11)12-9(16-2)3-6-18-12/h3,6-7,13H,4-5,8H2,1-2H3. The number of ether oxygens (including phenoxy) is 2. The second kappa shape index (κ2) is 6.53. The molecule has 0 aromatic carbocycles. The third-order valence-corrected chi connectivity index (χ3v) is 3.30. The van der Waals surface area contributed by atoms with E-state index in [9.17, 15) is 0 Å². The Hall–Kier alpha value is -1.37. The van der Waals surface area contributed by atoms with Crippen LogP contribution in [-0.2, 0) is 11.3 Å². The molecule has 0 aliphatic heterocycles. The van der Waals surface area contributed by atoms with Crippen LogP contribution in [0.25, 0.3) is 10.6 Å². The Kier molecular flexibility index (Phi) is 4.74.